The molecule has 3 aromatic carbocycles. The number of carbonyl (C=O) groups excluding carboxylic acids is 1. The molecule has 6 nitrogen and oxygen atoms in total. The minimum absolute atomic E-state index is 0.0180. The van der Waals surface area contributed by atoms with E-state index >= 15 is 0 Å². The number of ketones is 1. The van der Waals surface area contributed by atoms with Crippen LogP contribution in [0.4, 0.5) is 5.69 Å². The van der Waals surface area contributed by atoms with E-state index in [9.17, 15) is 14.9 Å². The average molecular weight is 442 g/mol. The summed E-state index contributed by atoms with van der Waals surface area (Å²) < 4.78 is 11.4. The first kappa shape index (κ1) is 19.9. The van der Waals surface area contributed by atoms with E-state index in [-0.39, 0.29) is 23.8 Å². The van der Waals surface area contributed by atoms with Gasteiger partial charge in [0, 0.05) is 18.2 Å². The molecule has 1 heterocycles. The molecule has 0 N–H and O–H groups in total. The fraction of sp³-hybridized carbons (Fsp3) is 0.0455. The monoisotopic (exact) mass is 441 g/mol. The number of non-ortho nitro benzene ring substituents is 1. The average Bonchev–Trinajstić information content (AvgIpc) is 3.04. The number of rotatable bonds is 5. The summed E-state index contributed by atoms with van der Waals surface area (Å²) in [5.74, 6) is 0.845. The van der Waals surface area contributed by atoms with Gasteiger partial charge in [0.1, 0.15) is 18.1 Å². The quantitative estimate of drug-likeness (QED) is 0.271. The van der Waals surface area contributed by atoms with Crippen molar-refractivity contribution in [3.05, 3.63) is 103 Å². The van der Waals surface area contributed by atoms with Crippen LogP contribution < -0.4 is 9.47 Å². The number of nitro groups is 1. The van der Waals surface area contributed by atoms with E-state index in [1.165, 1.54) is 12.1 Å². The fourth-order valence-electron chi connectivity index (χ4n) is 2.89. The normalized spacial score (nSPS) is 13.8. The third kappa shape index (κ3) is 4.15. The summed E-state index contributed by atoms with van der Waals surface area (Å²) in [6, 6.07) is 16.1. The van der Waals surface area contributed by atoms with E-state index in [1.54, 1.807) is 54.6 Å². The Bertz CT molecular complexity index is 1190. The van der Waals surface area contributed by atoms with Gasteiger partial charge in [0.05, 0.1) is 20.5 Å². The van der Waals surface area contributed by atoms with Gasteiger partial charge in [-0.3, -0.25) is 14.9 Å². The third-order valence-electron chi connectivity index (χ3n) is 4.44. The van der Waals surface area contributed by atoms with Gasteiger partial charge in [-0.15, -0.1) is 0 Å². The zero-order valence-electron chi connectivity index (χ0n) is 15.3. The number of hydrogen-bond donors (Lipinski definition) is 0. The Morgan fingerprint density at radius 1 is 1.00 bits per heavy atom. The van der Waals surface area contributed by atoms with Gasteiger partial charge in [0.15, 0.2) is 5.76 Å². The zero-order chi connectivity index (χ0) is 21.3. The van der Waals surface area contributed by atoms with E-state index < -0.39 is 4.92 Å². The number of Topliss-reactive ketones (excluding diaryl/α,β-unsaturated/α-hetero) is 1. The molecule has 3 aromatic rings. The van der Waals surface area contributed by atoms with Gasteiger partial charge in [0.25, 0.3) is 5.69 Å². The summed E-state index contributed by atoms with van der Waals surface area (Å²) in [5.41, 5.74) is 1.92. The van der Waals surface area contributed by atoms with Gasteiger partial charge < -0.3 is 9.47 Å². The summed E-state index contributed by atoms with van der Waals surface area (Å²) in [7, 11) is 0. The summed E-state index contributed by atoms with van der Waals surface area (Å²) in [6.45, 7) is 0.219. The molecule has 150 valence electrons. The molecule has 30 heavy (non-hydrogen) atoms. The third-order valence-corrected chi connectivity index (χ3v) is 5.17. The lowest BCUT2D eigenvalue weighted by Crippen LogP contribution is -1.98. The fourth-order valence-corrected chi connectivity index (χ4v) is 3.20. The van der Waals surface area contributed by atoms with Gasteiger partial charge in [-0.2, -0.15) is 0 Å². The van der Waals surface area contributed by atoms with Gasteiger partial charge in [0.2, 0.25) is 5.78 Å². The van der Waals surface area contributed by atoms with Crippen molar-refractivity contribution < 1.29 is 19.2 Å². The predicted molar refractivity (Wildman–Crippen MR) is 113 cm³/mol. The van der Waals surface area contributed by atoms with Crippen LogP contribution in [0.5, 0.6) is 11.5 Å². The lowest BCUT2D eigenvalue weighted by atomic mass is 10.1. The van der Waals surface area contributed by atoms with Crippen LogP contribution >= 0.6 is 23.2 Å². The lowest BCUT2D eigenvalue weighted by molar-refractivity contribution is -0.384. The molecule has 0 atom stereocenters. The van der Waals surface area contributed by atoms with Crippen molar-refractivity contribution in [2.24, 2.45) is 0 Å². The number of halogens is 2. The molecule has 0 aliphatic carbocycles. The molecular weight excluding hydrogens is 429 g/mol. The summed E-state index contributed by atoms with van der Waals surface area (Å²) >= 11 is 11.9. The van der Waals surface area contributed by atoms with Crippen LogP contribution in [0.3, 0.4) is 0 Å². The summed E-state index contributed by atoms with van der Waals surface area (Å²) in [5, 5.41) is 11.5. The highest BCUT2D eigenvalue weighted by molar-refractivity contribution is 6.42. The molecule has 0 saturated carbocycles. The number of carbonyl (C=O) groups is 1. The molecule has 0 unspecified atom stereocenters. The molecule has 0 amide bonds. The smallest absolute Gasteiger partial charge is 0.269 e. The van der Waals surface area contributed by atoms with Gasteiger partial charge in [-0.25, -0.2) is 0 Å². The molecule has 0 saturated heterocycles. The molecule has 0 fully saturated rings. The maximum absolute atomic E-state index is 12.6. The van der Waals surface area contributed by atoms with Crippen molar-refractivity contribution in [1.29, 1.82) is 0 Å². The summed E-state index contributed by atoms with van der Waals surface area (Å²) in [4.78, 5) is 22.8. The number of hydrogen-bond acceptors (Lipinski definition) is 5. The van der Waals surface area contributed by atoms with Crippen molar-refractivity contribution in [3.63, 3.8) is 0 Å². The van der Waals surface area contributed by atoms with Gasteiger partial charge >= 0.3 is 0 Å². The highest BCUT2D eigenvalue weighted by Gasteiger charge is 2.27. The van der Waals surface area contributed by atoms with Crippen molar-refractivity contribution in [2.45, 2.75) is 6.61 Å². The van der Waals surface area contributed by atoms with E-state index in [1.807, 2.05) is 0 Å². The van der Waals surface area contributed by atoms with E-state index in [2.05, 4.69) is 0 Å². The van der Waals surface area contributed by atoms with Crippen molar-refractivity contribution in [1.82, 2.24) is 0 Å². The number of ether oxygens (including phenoxy) is 2. The minimum Gasteiger partial charge on any atom is -0.489 e. The molecule has 0 spiro atoms. The largest absolute Gasteiger partial charge is 0.489 e. The number of benzene rings is 3. The van der Waals surface area contributed by atoms with Crippen LogP contribution in [0, 0.1) is 10.1 Å². The van der Waals surface area contributed by atoms with Crippen LogP contribution in [0.2, 0.25) is 10.0 Å². The van der Waals surface area contributed by atoms with E-state index in [0.29, 0.717) is 32.7 Å². The van der Waals surface area contributed by atoms with Crippen LogP contribution in [-0.2, 0) is 6.61 Å². The second-order valence-corrected chi connectivity index (χ2v) is 7.30. The van der Waals surface area contributed by atoms with Crippen LogP contribution in [0.1, 0.15) is 21.5 Å². The summed E-state index contributed by atoms with van der Waals surface area (Å²) in [6.07, 6.45) is 1.60. The molecule has 0 aromatic heterocycles. The lowest BCUT2D eigenvalue weighted by Gasteiger charge is -2.07. The van der Waals surface area contributed by atoms with Gasteiger partial charge in [-0.1, -0.05) is 29.3 Å². The highest BCUT2D eigenvalue weighted by atomic mass is 35.5. The van der Waals surface area contributed by atoms with Crippen LogP contribution in [0.15, 0.2) is 66.4 Å². The number of allylic oxidation sites excluding steroid dienone is 1. The maximum Gasteiger partial charge on any atom is 0.269 e. The molecule has 8 heteroatoms. The molecule has 0 bridgehead atoms. The van der Waals surface area contributed by atoms with E-state index in [0.717, 1.165) is 5.56 Å². The number of nitro benzene ring substituents is 1. The Labute approximate surface area is 181 Å². The number of fused-ring (bicyclic) bond motifs is 1. The van der Waals surface area contributed by atoms with Crippen molar-refractivity contribution in [3.8, 4) is 11.5 Å². The Kier molecular flexibility index (Phi) is 5.44. The second kappa shape index (κ2) is 8.18. The second-order valence-electron chi connectivity index (χ2n) is 6.48. The highest BCUT2D eigenvalue weighted by Crippen LogP contribution is 2.35. The Morgan fingerprint density at radius 3 is 2.47 bits per heavy atom. The maximum atomic E-state index is 12.6. The molecular formula is C22H13Cl2NO5. The molecule has 1 aliphatic rings. The SMILES string of the molecule is O=C1C(=Cc2ccc(Cl)c(Cl)c2)Oc2cc(OCc3ccc([N+](=O)[O-])cc3)ccc21. The van der Waals surface area contributed by atoms with E-state index in [4.69, 9.17) is 32.7 Å². The first-order chi connectivity index (χ1) is 14.4. The molecule has 0 radical (unpaired) electrons. The van der Waals surface area contributed by atoms with Crippen molar-refractivity contribution >= 4 is 40.7 Å². The topological polar surface area (TPSA) is 78.7 Å². The predicted octanol–water partition coefficient (Wildman–Crippen LogP) is 6.10. The van der Waals surface area contributed by atoms with Crippen LogP contribution in [-0.4, -0.2) is 10.7 Å². The Morgan fingerprint density at radius 2 is 1.77 bits per heavy atom. The van der Waals surface area contributed by atoms with Crippen LogP contribution in [0.25, 0.3) is 6.08 Å². The first-order valence-electron chi connectivity index (χ1n) is 8.80. The van der Waals surface area contributed by atoms with Gasteiger partial charge in [-0.05, 0) is 53.6 Å². The molecule has 4 rings (SSSR count). The Hall–Kier alpha value is -3.35. The minimum atomic E-state index is -0.456. The van der Waals surface area contributed by atoms with Crippen molar-refractivity contribution in [2.75, 3.05) is 0 Å². The standard InChI is InChI=1S/C22H13Cl2NO5/c23-18-8-3-14(9-19(18)24)10-21-22(26)17-7-6-16(11-20(17)30-21)29-12-13-1-4-15(5-2-13)25(27)28/h1-11H,12H2. The molecule has 1 aliphatic heterocycles. The Balaban J connectivity index is 1.48. The zero-order valence-corrected chi connectivity index (χ0v) is 16.8. The first-order valence-corrected chi connectivity index (χ1v) is 9.56. The number of nitrogens with zero attached hydrogens (tertiary/aromatic N) is 1.